The van der Waals surface area contributed by atoms with E-state index in [1.807, 2.05) is 0 Å². The normalized spacial score (nSPS) is 15.1. The van der Waals surface area contributed by atoms with Crippen LogP contribution in [0.4, 0.5) is 13.2 Å². The lowest BCUT2D eigenvalue weighted by Gasteiger charge is -2.11. The first kappa shape index (κ1) is 8.46. The Balaban J connectivity index is 3.72. The van der Waals surface area contributed by atoms with Crippen LogP contribution >= 0.6 is 0 Å². The Kier molecular flexibility index (Phi) is 2.67. The highest BCUT2D eigenvalue weighted by atomic mass is 19.4. The van der Waals surface area contributed by atoms with E-state index >= 15 is 0 Å². The van der Waals surface area contributed by atoms with Gasteiger partial charge >= 0.3 is 6.18 Å². The summed E-state index contributed by atoms with van der Waals surface area (Å²) in [4.78, 5) is 3.13. The summed E-state index contributed by atoms with van der Waals surface area (Å²) in [6.07, 6.45) is -4.12. The van der Waals surface area contributed by atoms with Crippen molar-refractivity contribution >= 4 is 6.72 Å². The number of alkyl halides is 3. The highest BCUT2D eigenvalue weighted by Crippen LogP contribution is 2.25. The zero-order valence-corrected chi connectivity index (χ0v) is 5.07. The predicted molar refractivity (Wildman–Crippen MR) is 29.6 cm³/mol. The van der Waals surface area contributed by atoms with Crippen molar-refractivity contribution in [2.75, 3.05) is 6.54 Å². The van der Waals surface area contributed by atoms with E-state index in [9.17, 15) is 13.2 Å². The fourth-order valence-corrected chi connectivity index (χ4v) is 0.297. The number of hydrogen-bond acceptors (Lipinski definition) is 1. The summed E-state index contributed by atoms with van der Waals surface area (Å²) in [5.74, 6) is -1.37. The first-order valence-electron chi connectivity index (χ1n) is 2.47. The molecule has 0 spiro atoms. The Morgan fingerprint density at radius 3 is 2.11 bits per heavy atom. The van der Waals surface area contributed by atoms with Gasteiger partial charge in [-0.2, -0.15) is 13.2 Å². The summed E-state index contributed by atoms with van der Waals surface area (Å²) >= 11 is 0. The number of hydrogen-bond donors (Lipinski definition) is 0. The van der Waals surface area contributed by atoms with Crippen molar-refractivity contribution in [3.63, 3.8) is 0 Å². The molecule has 54 valence electrons. The molecule has 0 N–H and O–H groups in total. The van der Waals surface area contributed by atoms with Crippen LogP contribution in [-0.2, 0) is 0 Å². The van der Waals surface area contributed by atoms with Crippen LogP contribution in [0.3, 0.4) is 0 Å². The van der Waals surface area contributed by atoms with Crippen LogP contribution in [0, 0.1) is 5.92 Å². The molecule has 1 unspecified atom stereocenters. The molecule has 4 heteroatoms. The summed E-state index contributed by atoms with van der Waals surface area (Å²) in [5, 5.41) is 0. The second-order valence-corrected chi connectivity index (χ2v) is 1.85. The zero-order chi connectivity index (χ0) is 7.49. The predicted octanol–water partition coefficient (Wildman–Crippen LogP) is 1.89. The van der Waals surface area contributed by atoms with Crippen LogP contribution in [-0.4, -0.2) is 19.4 Å². The maximum Gasteiger partial charge on any atom is 0.393 e. The van der Waals surface area contributed by atoms with Gasteiger partial charge in [0.2, 0.25) is 0 Å². The lowest BCUT2D eigenvalue weighted by Crippen LogP contribution is -2.21. The number of aliphatic imine (C=N–C) groups is 1. The van der Waals surface area contributed by atoms with Crippen molar-refractivity contribution < 1.29 is 13.2 Å². The van der Waals surface area contributed by atoms with Gasteiger partial charge in [-0.05, 0) is 6.72 Å². The Hall–Kier alpha value is -0.540. The van der Waals surface area contributed by atoms with Crippen LogP contribution < -0.4 is 0 Å². The first-order chi connectivity index (χ1) is 3.98. The number of nitrogens with zero attached hydrogens (tertiary/aromatic N) is 1. The average Bonchev–Trinajstić information content (AvgIpc) is 1.64. The molecule has 1 atom stereocenters. The van der Waals surface area contributed by atoms with E-state index < -0.39 is 12.1 Å². The largest absolute Gasteiger partial charge is 0.393 e. The Bertz CT molecular complexity index is 96.9. The number of rotatable bonds is 2. The van der Waals surface area contributed by atoms with Crippen LogP contribution in [0.2, 0.25) is 0 Å². The van der Waals surface area contributed by atoms with Gasteiger partial charge in [-0.25, -0.2) is 0 Å². The van der Waals surface area contributed by atoms with E-state index in [1.54, 1.807) is 0 Å². The van der Waals surface area contributed by atoms with Crippen molar-refractivity contribution in [2.24, 2.45) is 10.9 Å². The molecule has 9 heavy (non-hydrogen) atoms. The number of halogens is 3. The Morgan fingerprint density at radius 2 is 2.00 bits per heavy atom. The van der Waals surface area contributed by atoms with Gasteiger partial charge in [0.1, 0.15) is 0 Å². The van der Waals surface area contributed by atoms with Gasteiger partial charge < -0.3 is 4.99 Å². The Morgan fingerprint density at radius 1 is 1.56 bits per heavy atom. The molecule has 0 aromatic rings. The summed E-state index contributed by atoms with van der Waals surface area (Å²) in [7, 11) is 0. The SMILES string of the molecule is C=NCC(C)C(F)(F)F. The van der Waals surface area contributed by atoms with Crippen molar-refractivity contribution in [1.29, 1.82) is 0 Å². The van der Waals surface area contributed by atoms with Crippen molar-refractivity contribution in [3.8, 4) is 0 Å². The summed E-state index contributed by atoms with van der Waals surface area (Å²) in [5.41, 5.74) is 0. The molecule has 0 saturated heterocycles. The van der Waals surface area contributed by atoms with Crippen LogP contribution in [0.1, 0.15) is 6.92 Å². The maximum atomic E-state index is 11.5. The van der Waals surface area contributed by atoms with Crippen molar-refractivity contribution in [3.05, 3.63) is 0 Å². The maximum absolute atomic E-state index is 11.5. The summed E-state index contributed by atoms with van der Waals surface area (Å²) in [6.45, 7) is 3.80. The molecular formula is C5H8F3N. The molecule has 0 aliphatic carbocycles. The lowest BCUT2D eigenvalue weighted by molar-refractivity contribution is -0.166. The molecule has 0 rings (SSSR count). The lowest BCUT2D eigenvalue weighted by atomic mass is 10.2. The molecule has 0 heterocycles. The van der Waals surface area contributed by atoms with Gasteiger partial charge in [-0.1, -0.05) is 6.92 Å². The minimum absolute atomic E-state index is 0.247. The second-order valence-electron chi connectivity index (χ2n) is 1.85. The van der Waals surface area contributed by atoms with E-state index in [1.165, 1.54) is 0 Å². The molecule has 0 aromatic carbocycles. The standard InChI is InChI=1S/C5H8F3N/c1-4(3-9-2)5(6,7)8/h4H,2-3H2,1H3. The first-order valence-corrected chi connectivity index (χ1v) is 2.47. The molecule has 0 amide bonds. The molecule has 0 aromatic heterocycles. The molecule has 0 aliphatic heterocycles. The quantitative estimate of drug-likeness (QED) is 0.518. The fraction of sp³-hybridized carbons (Fsp3) is 0.800. The average molecular weight is 139 g/mol. The molecule has 1 nitrogen and oxygen atoms in total. The summed E-state index contributed by atoms with van der Waals surface area (Å²) in [6, 6.07) is 0. The second kappa shape index (κ2) is 2.85. The Labute approximate surface area is 51.6 Å². The van der Waals surface area contributed by atoms with Gasteiger partial charge in [-0.15, -0.1) is 0 Å². The third-order valence-electron chi connectivity index (χ3n) is 0.962. The molecule has 0 saturated carbocycles. The highest BCUT2D eigenvalue weighted by molar-refractivity contribution is 5.23. The van der Waals surface area contributed by atoms with Gasteiger partial charge in [0.25, 0.3) is 0 Å². The van der Waals surface area contributed by atoms with Crippen LogP contribution in [0.15, 0.2) is 4.99 Å². The van der Waals surface area contributed by atoms with Gasteiger partial charge in [0.15, 0.2) is 0 Å². The van der Waals surface area contributed by atoms with Crippen LogP contribution in [0.25, 0.3) is 0 Å². The molecular weight excluding hydrogens is 131 g/mol. The molecule has 0 fully saturated rings. The van der Waals surface area contributed by atoms with E-state index in [-0.39, 0.29) is 6.54 Å². The molecule has 0 bridgehead atoms. The topological polar surface area (TPSA) is 12.4 Å². The minimum Gasteiger partial charge on any atom is -0.300 e. The smallest absolute Gasteiger partial charge is 0.300 e. The van der Waals surface area contributed by atoms with E-state index in [4.69, 9.17) is 0 Å². The fourth-order valence-electron chi connectivity index (χ4n) is 0.297. The van der Waals surface area contributed by atoms with E-state index in [0.29, 0.717) is 0 Å². The molecule has 0 radical (unpaired) electrons. The highest BCUT2D eigenvalue weighted by Gasteiger charge is 2.35. The third-order valence-corrected chi connectivity index (χ3v) is 0.962. The van der Waals surface area contributed by atoms with Crippen LogP contribution in [0.5, 0.6) is 0 Å². The van der Waals surface area contributed by atoms with Gasteiger partial charge in [0.05, 0.1) is 5.92 Å². The van der Waals surface area contributed by atoms with Crippen molar-refractivity contribution in [1.82, 2.24) is 0 Å². The van der Waals surface area contributed by atoms with Crippen molar-refractivity contribution in [2.45, 2.75) is 13.1 Å². The summed E-state index contributed by atoms with van der Waals surface area (Å²) < 4.78 is 34.6. The van der Waals surface area contributed by atoms with Gasteiger partial charge in [0, 0.05) is 6.54 Å². The third kappa shape index (κ3) is 3.11. The monoisotopic (exact) mass is 139 g/mol. The van der Waals surface area contributed by atoms with E-state index in [2.05, 4.69) is 11.7 Å². The van der Waals surface area contributed by atoms with E-state index in [0.717, 1.165) is 6.92 Å². The molecule has 0 aliphatic rings. The zero-order valence-electron chi connectivity index (χ0n) is 5.07. The minimum atomic E-state index is -4.12. The van der Waals surface area contributed by atoms with Gasteiger partial charge in [-0.3, -0.25) is 0 Å².